The summed E-state index contributed by atoms with van der Waals surface area (Å²) in [6.45, 7) is 2.14. The van der Waals surface area contributed by atoms with E-state index in [2.05, 4.69) is 0 Å². The molecule has 2 fully saturated rings. The lowest BCUT2D eigenvalue weighted by atomic mass is 9.93. The van der Waals surface area contributed by atoms with Gasteiger partial charge in [-0.1, -0.05) is 0 Å². The molecule has 0 radical (unpaired) electrons. The van der Waals surface area contributed by atoms with Crippen LogP contribution in [-0.4, -0.2) is 47.2 Å². The molecule has 5 nitrogen and oxygen atoms in total. The smallest absolute Gasteiger partial charge is 0.303 e. The topological polar surface area (TPSA) is 66.8 Å². The zero-order valence-electron chi connectivity index (χ0n) is 9.98. The van der Waals surface area contributed by atoms with E-state index in [0.717, 1.165) is 32.3 Å². The quantitative estimate of drug-likeness (QED) is 0.801. The van der Waals surface area contributed by atoms with Crippen molar-refractivity contribution in [2.45, 2.75) is 44.1 Å². The summed E-state index contributed by atoms with van der Waals surface area (Å²) in [5.41, 5.74) is -0.128. The molecule has 1 atom stereocenters. The number of carbonyl (C=O) groups is 2. The van der Waals surface area contributed by atoms with E-state index in [9.17, 15) is 9.59 Å². The molecule has 2 aliphatic heterocycles. The molecule has 1 spiro atoms. The number of hydrogen-bond donors (Lipinski definition) is 1. The molecule has 0 aromatic carbocycles. The molecule has 96 valence electrons. The van der Waals surface area contributed by atoms with Crippen molar-refractivity contribution in [1.29, 1.82) is 0 Å². The van der Waals surface area contributed by atoms with Crippen molar-refractivity contribution in [3.05, 3.63) is 0 Å². The molecular weight excluding hydrogens is 222 g/mol. The van der Waals surface area contributed by atoms with Gasteiger partial charge in [0.15, 0.2) is 0 Å². The number of likely N-dealkylation sites (tertiary alicyclic amines) is 1. The molecule has 0 saturated carbocycles. The molecule has 0 unspecified atom stereocenters. The van der Waals surface area contributed by atoms with E-state index in [1.54, 1.807) is 4.90 Å². The molecule has 17 heavy (non-hydrogen) atoms. The fraction of sp³-hybridized carbons (Fsp3) is 0.833. The SMILES string of the molecule is O=C(O)CCC(=O)N1CC[C@@]2(CCCCO2)C1. The first-order valence-corrected chi connectivity index (χ1v) is 6.25. The summed E-state index contributed by atoms with van der Waals surface area (Å²) in [6, 6.07) is 0. The fourth-order valence-corrected chi connectivity index (χ4v) is 2.66. The standard InChI is InChI=1S/C12H19NO4/c14-10(3-4-11(15)16)13-7-6-12(9-13)5-1-2-8-17-12/h1-9H2,(H,15,16)/t12-/m0/s1. The average molecular weight is 241 g/mol. The summed E-state index contributed by atoms with van der Waals surface area (Å²) in [5, 5.41) is 8.55. The first kappa shape index (κ1) is 12.4. The predicted molar refractivity (Wildman–Crippen MR) is 60.6 cm³/mol. The molecule has 0 aromatic rings. The minimum Gasteiger partial charge on any atom is -0.481 e. The normalized spacial score (nSPS) is 28.6. The second kappa shape index (κ2) is 5.04. The van der Waals surface area contributed by atoms with Gasteiger partial charge < -0.3 is 14.7 Å². The molecule has 2 aliphatic rings. The molecule has 0 aliphatic carbocycles. The third-order valence-corrected chi connectivity index (χ3v) is 3.66. The minimum absolute atomic E-state index is 0.0570. The second-order valence-electron chi connectivity index (χ2n) is 4.95. The average Bonchev–Trinajstić information content (AvgIpc) is 2.71. The van der Waals surface area contributed by atoms with Crippen molar-refractivity contribution >= 4 is 11.9 Å². The Morgan fingerprint density at radius 2 is 2.06 bits per heavy atom. The van der Waals surface area contributed by atoms with Crippen LogP contribution in [0.3, 0.4) is 0 Å². The first-order chi connectivity index (χ1) is 8.11. The molecule has 0 aromatic heterocycles. The van der Waals surface area contributed by atoms with Gasteiger partial charge in [0.25, 0.3) is 0 Å². The maximum atomic E-state index is 11.8. The first-order valence-electron chi connectivity index (χ1n) is 6.25. The van der Waals surface area contributed by atoms with Crippen LogP contribution in [0.15, 0.2) is 0 Å². The Morgan fingerprint density at radius 1 is 1.24 bits per heavy atom. The number of ether oxygens (including phenoxy) is 1. The monoisotopic (exact) mass is 241 g/mol. The molecule has 2 rings (SSSR count). The Bertz CT molecular complexity index is 310. The van der Waals surface area contributed by atoms with Crippen molar-refractivity contribution in [3.8, 4) is 0 Å². The highest BCUT2D eigenvalue weighted by Crippen LogP contribution is 2.34. The van der Waals surface area contributed by atoms with Crippen LogP contribution in [0.1, 0.15) is 38.5 Å². The lowest BCUT2D eigenvalue weighted by Crippen LogP contribution is -2.40. The zero-order chi connectivity index (χ0) is 12.3. The van der Waals surface area contributed by atoms with Gasteiger partial charge in [-0.25, -0.2) is 0 Å². The molecule has 2 saturated heterocycles. The predicted octanol–water partition coefficient (Wildman–Crippen LogP) is 1.02. The van der Waals surface area contributed by atoms with Crippen LogP contribution < -0.4 is 0 Å². The Kier molecular flexibility index (Phi) is 3.66. The van der Waals surface area contributed by atoms with Gasteiger partial charge in [-0.15, -0.1) is 0 Å². The van der Waals surface area contributed by atoms with E-state index < -0.39 is 5.97 Å². The maximum absolute atomic E-state index is 11.8. The van der Waals surface area contributed by atoms with Crippen LogP contribution >= 0.6 is 0 Å². The molecule has 0 bridgehead atoms. The Morgan fingerprint density at radius 3 is 2.71 bits per heavy atom. The van der Waals surface area contributed by atoms with Gasteiger partial charge in [0.2, 0.25) is 5.91 Å². The highest BCUT2D eigenvalue weighted by Gasteiger charge is 2.41. The highest BCUT2D eigenvalue weighted by atomic mass is 16.5. The van der Waals surface area contributed by atoms with Crippen LogP contribution in [0.5, 0.6) is 0 Å². The molecule has 2 heterocycles. The third-order valence-electron chi connectivity index (χ3n) is 3.66. The highest BCUT2D eigenvalue weighted by molar-refractivity contribution is 5.81. The Hall–Kier alpha value is -1.10. The van der Waals surface area contributed by atoms with Gasteiger partial charge >= 0.3 is 5.97 Å². The number of carboxylic acids is 1. The van der Waals surface area contributed by atoms with Crippen molar-refractivity contribution in [2.24, 2.45) is 0 Å². The van der Waals surface area contributed by atoms with Crippen molar-refractivity contribution in [3.63, 3.8) is 0 Å². The fourth-order valence-electron chi connectivity index (χ4n) is 2.66. The van der Waals surface area contributed by atoms with E-state index in [-0.39, 0.29) is 24.3 Å². The number of rotatable bonds is 3. The van der Waals surface area contributed by atoms with Gasteiger partial charge in [0.05, 0.1) is 12.0 Å². The second-order valence-corrected chi connectivity index (χ2v) is 4.95. The summed E-state index contributed by atoms with van der Waals surface area (Å²) in [4.78, 5) is 24.0. The lowest BCUT2D eigenvalue weighted by Gasteiger charge is -2.33. The summed E-state index contributed by atoms with van der Waals surface area (Å²) in [6.07, 6.45) is 4.21. The van der Waals surface area contributed by atoms with Crippen LogP contribution in [0.2, 0.25) is 0 Å². The van der Waals surface area contributed by atoms with Crippen molar-refractivity contribution in [1.82, 2.24) is 4.90 Å². The van der Waals surface area contributed by atoms with E-state index >= 15 is 0 Å². The third kappa shape index (κ3) is 2.97. The zero-order valence-corrected chi connectivity index (χ0v) is 9.98. The number of aliphatic carboxylic acids is 1. The van der Waals surface area contributed by atoms with Crippen molar-refractivity contribution < 1.29 is 19.4 Å². The van der Waals surface area contributed by atoms with E-state index in [4.69, 9.17) is 9.84 Å². The molecule has 5 heteroatoms. The maximum Gasteiger partial charge on any atom is 0.303 e. The molecular formula is C12H19NO4. The lowest BCUT2D eigenvalue weighted by molar-refractivity contribution is -0.141. The minimum atomic E-state index is -0.916. The summed E-state index contributed by atoms with van der Waals surface area (Å²) in [7, 11) is 0. The van der Waals surface area contributed by atoms with Gasteiger partial charge in [-0.3, -0.25) is 9.59 Å². The number of amides is 1. The number of hydrogen-bond acceptors (Lipinski definition) is 3. The number of nitrogens with zero attached hydrogens (tertiary/aromatic N) is 1. The largest absolute Gasteiger partial charge is 0.481 e. The van der Waals surface area contributed by atoms with E-state index in [1.807, 2.05) is 0 Å². The Balaban J connectivity index is 1.84. The van der Waals surface area contributed by atoms with Gasteiger partial charge in [0.1, 0.15) is 0 Å². The van der Waals surface area contributed by atoms with E-state index in [0.29, 0.717) is 13.1 Å². The Labute approximate surface area is 101 Å². The van der Waals surface area contributed by atoms with E-state index in [1.165, 1.54) is 0 Å². The van der Waals surface area contributed by atoms with Gasteiger partial charge in [0, 0.05) is 26.1 Å². The summed E-state index contributed by atoms with van der Waals surface area (Å²) >= 11 is 0. The summed E-state index contributed by atoms with van der Waals surface area (Å²) < 4.78 is 5.82. The van der Waals surface area contributed by atoms with Crippen molar-refractivity contribution in [2.75, 3.05) is 19.7 Å². The van der Waals surface area contributed by atoms with Crippen LogP contribution in [0.4, 0.5) is 0 Å². The van der Waals surface area contributed by atoms with Gasteiger partial charge in [-0.2, -0.15) is 0 Å². The number of carbonyl (C=O) groups excluding carboxylic acids is 1. The number of carboxylic acid groups (broad SMARTS) is 1. The summed E-state index contributed by atoms with van der Waals surface area (Å²) in [5.74, 6) is -0.973. The molecule has 1 N–H and O–H groups in total. The van der Waals surface area contributed by atoms with Crippen LogP contribution in [0.25, 0.3) is 0 Å². The molecule has 1 amide bonds. The van der Waals surface area contributed by atoms with Crippen LogP contribution in [0, 0.1) is 0 Å². The van der Waals surface area contributed by atoms with Crippen LogP contribution in [-0.2, 0) is 14.3 Å². The van der Waals surface area contributed by atoms with Gasteiger partial charge in [-0.05, 0) is 25.7 Å².